The van der Waals surface area contributed by atoms with Gasteiger partial charge in [0, 0.05) is 22.6 Å². The summed E-state index contributed by atoms with van der Waals surface area (Å²) in [5.74, 6) is 0. The molecule has 0 amide bonds. The number of benzene rings is 1. The third-order valence-corrected chi connectivity index (χ3v) is 3.15. The molecule has 0 N–H and O–H groups in total. The molecule has 1 aliphatic heterocycles. The molecule has 1 aliphatic rings. The Balaban J connectivity index is 2.39. The number of likely N-dealkylation sites (N-methyl/N-ethyl adjacent to an activating group) is 1. The molecular weight excluding hydrogens is 254 g/mol. The summed E-state index contributed by atoms with van der Waals surface area (Å²) < 4.78 is 5.24. The van der Waals surface area contributed by atoms with Gasteiger partial charge in [-0.05, 0) is 19.2 Å². The first-order valence-electron chi connectivity index (χ1n) is 5.61. The topological polar surface area (TPSA) is 98.8 Å². The fourth-order valence-electron chi connectivity index (χ4n) is 2.19. The number of hydrogen-bond donors (Lipinski definition) is 0. The van der Waals surface area contributed by atoms with Crippen molar-refractivity contribution in [3.05, 3.63) is 50.1 Å². The second-order valence-electron chi connectivity index (χ2n) is 4.58. The van der Waals surface area contributed by atoms with Crippen LogP contribution in [0.1, 0.15) is 5.56 Å². The maximum atomic E-state index is 11.4. The van der Waals surface area contributed by atoms with E-state index in [1.165, 1.54) is 24.3 Å². The molecule has 1 heterocycles. The molecule has 1 aromatic rings. The van der Waals surface area contributed by atoms with E-state index in [9.17, 15) is 20.2 Å². The lowest BCUT2D eigenvalue weighted by Gasteiger charge is -2.34. The van der Waals surface area contributed by atoms with Crippen molar-refractivity contribution in [1.29, 1.82) is 0 Å². The lowest BCUT2D eigenvalue weighted by atomic mass is 9.90. The largest absolute Gasteiger partial charge is 0.358 e. The summed E-state index contributed by atoms with van der Waals surface area (Å²) in [6.45, 7) is 0.503. The van der Waals surface area contributed by atoms with E-state index in [1.54, 1.807) is 11.9 Å². The van der Waals surface area contributed by atoms with Crippen LogP contribution in [0.25, 0.3) is 0 Å². The van der Waals surface area contributed by atoms with E-state index in [4.69, 9.17) is 4.74 Å². The molecule has 0 radical (unpaired) electrons. The Kier molecular flexibility index (Phi) is 3.45. The number of rotatable bonds is 3. The molecule has 8 nitrogen and oxygen atoms in total. The van der Waals surface area contributed by atoms with Gasteiger partial charge >= 0.3 is 0 Å². The van der Waals surface area contributed by atoms with Crippen LogP contribution in [0.4, 0.5) is 5.69 Å². The molecule has 0 spiro atoms. The Labute approximate surface area is 108 Å². The molecule has 0 aromatic heterocycles. The van der Waals surface area contributed by atoms with Crippen molar-refractivity contribution in [3.8, 4) is 0 Å². The summed E-state index contributed by atoms with van der Waals surface area (Å²) in [4.78, 5) is 22.8. The highest BCUT2D eigenvalue weighted by Crippen LogP contribution is 2.30. The van der Waals surface area contributed by atoms with E-state index in [0.717, 1.165) is 0 Å². The van der Waals surface area contributed by atoms with Crippen LogP contribution in [-0.2, 0) is 10.3 Å². The number of nitro groups is 2. The Morgan fingerprint density at radius 2 is 1.89 bits per heavy atom. The average Bonchev–Trinajstić information content (AvgIpc) is 2.38. The second kappa shape index (κ2) is 4.90. The van der Waals surface area contributed by atoms with Crippen molar-refractivity contribution in [2.24, 2.45) is 0 Å². The summed E-state index contributed by atoms with van der Waals surface area (Å²) in [6, 6.07) is 5.39. The van der Waals surface area contributed by atoms with E-state index in [1.807, 2.05) is 0 Å². The normalized spacial score (nSPS) is 24.1. The maximum absolute atomic E-state index is 11.4. The number of nitrogens with zero attached hydrogens (tertiary/aromatic N) is 3. The lowest BCUT2D eigenvalue weighted by Crippen LogP contribution is -2.53. The minimum absolute atomic E-state index is 0.0395. The third kappa shape index (κ3) is 2.40. The van der Waals surface area contributed by atoms with Gasteiger partial charge in [-0.1, -0.05) is 0 Å². The zero-order valence-corrected chi connectivity index (χ0v) is 10.3. The molecule has 8 heteroatoms. The predicted octanol–water partition coefficient (Wildman–Crippen LogP) is 0.986. The fourth-order valence-corrected chi connectivity index (χ4v) is 2.19. The third-order valence-electron chi connectivity index (χ3n) is 3.15. The quantitative estimate of drug-likeness (QED) is 0.598. The lowest BCUT2D eigenvalue weighted by molar-refractivity contribution is -0.590. The monoisotopic (exact) mass is 267 g/mol. The predicted molar refractivity (Wildman–Crippen MR) is 65.2 cm³/mol. The van der Waals surface area contributed by atoms with E-state index in [-0.39, 0.29) is 23.8 Å². The Morgan fingerprint density at radius 3 is 2.37 bits per heavy atom. The Hall–Kier alpha value is -2.06. The smallest absolute Gasteiger partial charge is 0.282 e. The van der Waals surface area contributed by atoms with Crippen molar-refractivity contribution in [1.82, 2.24) is 4.90 Å². The summed E-state index contributed by atoms with van der Waals surface area (Å²) >= 11 is 0. The van der Waals surface area contributed by atoms with E-state index in [0.29, 0.717) is 12.3 Å². The molecule has 2 rings (SSSR count). The van der Waals surface area contributed by atoms with Gasteiger partial charge in [-0.2, -0.15) is 0 Å². The number of nitro benzene ring substituents is 1. The molecule has 1 fully saturated rings. The zero-order chi connectivity index (χ0) is 14.0. The minimum Gasteiger partial charge on any atom is -0.358 e. The zero-order valence-electron chi connectivity index (χ0n) is 10.3. The van der Waals surface area contributed by atoms with Gasteiger partial charge < -0.3 is 4.74 Å². The molecule has 1 atom stereocenters. The van der Waals surface area contributed by atoms with Gasteiger partial charge in [-0.15, -0.1) is 0 Å². The van der Waals surface area contributed by atoms with Crippen molar-refractivity contribution < 1.29 is 14.6 Å². The van der Waals surface area contributed by atoms with Gasteiger partial charge in [0.1, 0.15) is 6.61 Å². The summed E-state index contributed by atoms with van der Waals surface area (Å²) in [6.07, 6.45) is 0. The van der Waals surface area contributed by atoms with Crippen LogP contribution in [0.15, 0.2) is 24.3 Å². The van der Waals surface area contributed by atoms with Gasteiger partial charge in [-0.25, -0.2) is 0 Å². The van der Waals surface area contributed by atoms with Crippen molar-refractivity contribution in [3.63, 3.8) is 0 Å². The molecular formula is C11H13N3O5. The fraction of sp³-hybridized carbons (Fsp3) is 0.455. The molecule has 0 aliphatic carbocycles. The minimum atomic E-state index is -1.37. The van der Waals surface area contributed by atoms with Crippen LogP contribution < -0.4 is 0 Å². The Bertz CT molecular complexity index is 504. The molecule has 102 valence electrons. The van der Waals surface area contributed by atoms with Gasteiger partial charge in [0.05, 0.1) is 18.2 Å². The van der Waals surface area contributed by atoms with Crippen LogP contribution in [0, 0.1) is 20.2 Å². The first-order valence-corrected chi connectivity index (χ1v) is 5.61. The average molecular weight is 267 g/mol. The second-order valence-corrected chi connectivity index (χ2v) is 4.58. The van der Waals surface area contributed by atoms with Gasteiger partial charge in [0.2, 0.25) is 0 Å². The van der Waals surface area contributed by atoms with Gasteiger partial charge in [-0.3, -0.25) is 25.1 Å². The van der Waals surface area contributed by atoms with E-state index in [2.05, 4.69) is 0 Å². The molecule has 0 unspecified atom stereocenters. The van der Waals surface area contributed by atoms with Crippen LogP contribution >= 0.6 is 0 Å². The molecule has 19 heavy (non-hydrogen) atoms. The Morgan fingerprint density at radius 1 is 1.26 bits per heavy atom. The summed E-state index contributed by atoms with van der Waals surface area (Å²) in [5, 5.41) is 22.0. The van der Waals surface area contributed by atoms with Crippen molar-refractivity contribution >= 4 is 5.69 Å². The highest BCUT2D eigenvalue weighted by Gasteiger charge is 2.48. The SMILES string of the molecule is CN1COC[C@@](c2ccc([N+](=O)[O-])cc2)([N+](=O)[O-])C1. The molecule has 1 saturated heterocycles. The standard InChI is InChI=1S/C11H13N3O5/c1-12-6-11(14(17)18,7-19-8-12)9-2-4-10(5-3-9)13(15)16/h2-5H,6-8H2,1H3/t11-/m0/s1. The summed E-state index contributed by atoms with van der Waals surface area (Å²) in [5.41, 5.74) is -1.05. The summed E-state index contributed by atoms with van der Waals surface area (Å²) in [7, 11) is 1.72. The number of non-ortho nitro benzene ring substituents is 1. The maximum Gasteiger partial charge on any atom is 0.282 e. The first kappa shape index (κ1) is 13.4. The molecule has 1 aromatic carbocycles. The highest BCUT2D eigenvalue weighted by atomic mass is 16.6. The van der Waals surface area contributed by atoms with E-state index < -0.39 is 10.5 Å². The first-order chi connectivity index (χ1) is 8.95. The van der Waals surface area contributed by atoms with Crippen molar-refractivity contribution in [2.75, 3.05) is 26.9 Å². The van der Waals surface area contributed by atoms with Crippen LogP contribution in [0.3, 0.4) is 0 Å². The number of hydrogen-bond acceptors (Lipinski definition) is 6. The number of ether oxygens (including phenoxy) is 1. The molecule has 0 saturated carbocycles. The van der Waals surface area contributed by atoms with Crippen LogP contribution in [0.2, 0.25) is 0 Å². The van der Waals surface area contributed by atoms with Crippen molar-refractivity contribution in [2.45, 2.75) is 5.54 Å². The highest BCUT2D eigenvalue weighted by molar-refractivity contribution is 5.35. The van der Waals surface area contributed by atoms with E-state index >= 15 is 0 Å². The van der Waals surface area contributed by atoms with Gasteiger partial charge in [0.25, 0.3) is 11.2 Å². The van der Waals surface area contributed by atoms with Gasteiger partial charge in [0.15, 0.2) is 0 Å². The van der Waals surface area contributed by atoms with Crippen LogP contribution in [-0.4, -0.2) is 41.7 Å². The molecule has 0 bridgehead atoms. The van der Waals surface area contributed by atoms with Crippen LogP contribution in [0.5, 0.6) is 0 Å².